The number of rotatable bonds is 9. The maximum absolute atomic E-state index is 12.4. The van der Waals surface area contributed by atoms with Crippen molar-refractivity contribution < 1.29 is 19.0 Å². The molecule has 7 heteroatoms. The van der Waals surface area contributed by atoms with Gasteiger partial charge in [-0.2, -0.15) is 0 Å². The molecule has 1 aromatic heterocycles. The Labute approximate surface area is 200 Å². The number of anilines is 1. The van der Waals surface area contributed by atoms with Crippen molar-refractivity contribution in [1.29, 1.82) is 0 Å². The molecule has 0 aliphatic heterocycles. The van der Waals surface area contributed by atoms with E-state index < -0.39 is 0 Å². The van der Waals surface area contributed by atoms with E-state index in [1.54, 1.807) is 20.2 Å². The van der Waals surface area contributed by atoms with Crippen molar-refractivity contribution in [2.75, 3.05) is 25.6 Å². The molecular weight excluding hydrogens is 432 g/mol. The molecule has 0 atom stereocenters. The van der Waals surface area contributed by atoms with Gasteiger partial charge in [0, 0.05) is 18.0 Å². The number of benzene rings is 2. The van der Waals surface area contributed by atoms with Crippen molar-refractivity contribution in [2.24, 2.45) is 0 Å². The number of hydrogen-bond acceptors (Lipinski definition) is 5. The first-order chi connectivity index (χ1) is 16.2. The summed E-state index contributed by atoms with van der Waals surface area (Å²) in [4.78, 5) is 24.7. The molecule has 1 amide bonds. The van der Waals surface area contributed by atoms with Crippen molar-refractivity contribution in [1.82, 2.24) is 4.57 Å². The molecule has 2 aromatic carbocycles. The summed E-state index contributed by atoms with van der Waals surface area (Å²) in [5.74, 6) is 1.31. The van der Waals surface area contributed by atoms with Crippen LogP contribution >= 0.6 is 0 Å². The largest absolute Gasteiger partial charge is 0.497 e. The summed E-state index contributed by atoms with van der Waals surface area (Å²) in [6, 6.07) is 16.5. The third kappa shape index (κ3) is 6.63. The quantitative estimate of drug-likeness (QED) is 0.502. The molecule has 0 radical (unpaired) electrons. The number of pyridine rings is 1. The molecule has 34 heavy (non-hydrogen) atoms. The molecule has 0 aliphatic carbocycles. The topological polar surface area (TPSA) is 78.8 Å². The minimum Gasteiger partial charge on any atom is -0.497 e. The Hall–Kier alpha value is -3.74. The first kappa shape index (κ1) is 24.9. The molecule has 3 rings (SSSR count). The lowest BCUT2D eigenvalue weighted by molar-refractivity contribution is -0.118. The first-order valence-corrected chi connectivity index (χ1v) is 11.2. The van der Waals surface area contributed by atoms with Gasteiger partial charge in [-0.25, -0.2) is 0 Å². The van der Waals surface area contributed by atoms with Gasteiger partial charge in [0.15, 0.2) is 12.4 Å². The zero-order valence-corrected chi connectivity index (χ0v) is 20.4. The van der Waals surface area contributed by atoms with Gasteiger partial charge < -0.3 is 24.1 Å². The molecule has 0 unspecified atom stereocenters. The van der Waals surface area contributed by atoms with Crippen LogP contribution in [-0.4, -0.2) is 30.8 Å². The van der Waals surface area contributed by atoms with Gasteiger partial charge in [0.05, 0.1) is 19.3 Å². The predicted octanol–water partition coefficient (Wildman–Crippen LogP) is 4.56. The van der Waals surface area contributed by atoms with E-state index in [1.807, 2.05) is 53.1 Å². The number of amides is 1. The SMILES string of the molecule is COc1ccc(OCCn2ccc(=O)c(OCC(=O)Nc3ccc(C(C)(C)C)cc3)c2C)cc1. The van der Waals surface area contributed by atoms with Crippen molar-refractivity contribution in [3.8, 4) is 17.2 Å². The highest BCUT2D eigenvalue weighted by molar-refractivity contribution is 5.91. The van der Waals surface area contributed by atoms with Crippen LogP contribution in [0.5, 0.6) is 17.2 Å². The normalized spacial score (nSPS) is 11.1. The van der Waals surface area contributed by atoms with E-state index in [0.29, 0.717) is 24.5 Å². The van der Waals surface area contributed by atoms with E-state index in [4.69, 9.17) is 14.2 Å². The molecule has 1 heterocycles. The summed E-state index contributed by atoms with van der Waals surface area (Å²) in [7, 11) is 1.61. The fourth-order valence-electron chi connectivity index (χ4n) is 3.39. The minimum absolute atomic E-state index is 0.0378. The monoisotopic (exact) mass is 464 g/mol. The van der Waals surface area contributed by atoms with Crippen LogP contribution in [0.15, 0.2) is 65.6 Å². The van der Waals surface area contributed by atoms with Crippen LogP contribution in [0.1, 0.15) is 32.0 Å². The highest BCUT2D eigenvalue weighted by Crippen LogP contribution is 2.23. The summed E-state index contributed by atoms with van der Waals surface area (Å²) in [6.45, 7) is 8.84. The van der Waals surface area contributed by atoms with E-state index in [0.717, 1.165) is 11.5 Å². The van der Waals surface area contributed by atoms with Crippen LogP contribution in [0.25, 0.3) is 0 Å². The smallest absolute Gasteiger partial charge is 0.262 e. The van der Waals surface area contributed by atoms with Crippen LogP contribution in [0, 0.1) is 6.92 Å². The van der Waals surface area contributed by atoms with E-state index in [1.165, 1.54) is 11.6 Å². The third-order valence-corrected chi connectivity index (χ3v) is 5.43. The Bertz CT molecular complexity index is 1160. The number of hydrogen-bond donors (Lipinski definition) is 1. The van der Waals surface area contributed by atoms with Gasteiger partial charge in [-0.15, -0.1) is 0 Å². The summed E-state index contributed by atoms with van der Waals surface area (Å²) in [5.41, 5.74) is 2.26. The van der Waals surface area contributed by atoms with Crippen molar-refractivity contribution in [3.05, 3.63) is 82.3 Å². The second kappa shape index (κ2) is 10.9. The Morgan fingerprint density at radius 1 is 0.941 bits per heavy atom. The second-order valence-corrected chi connectivity index (χ2v) is 8.98. The molecule has 0 aliphatic rings. The van der Waals surface area contributed by atoms with Crippen LogP contribution in [0.3, 0.4) is 0 Å². The van der Waals surface area contributed by atoms with Crippen molar-refractivity contribution in [3.63, 3.8) is 0 Å². The number of carbonyl (C=O) groups excluding carboxylic acids is 1. The van der Waals surface area contributed by atoms with E-state index >= 15 is 0 Å². The number of aromatic nitrogens is 1. The fourth-order valence-corrected chi connectivity index (χ4v) is 3.39. The number of ether oxygens (including phenoxy) is 3. The predicted molar refractivity (Wildman–Crippen MR) is 133 cm³/mol. The fraction of sp³-hybridized carbons (Fsp3) is 0.333. The minimum atomic E-state index is -0.333. The Balaban J connectivity index is 1.56. The van der Waals surface area contributed by atoms with Crippen LogP contribution < -0.4 is 25.0 Å². The van der Waals surface area contributed by atoms with Crippen LogP contribution in [0.4, 0.5) is 5.69 Å². The first-order valence-electron chi connectivity index (χ1n) is 11.2. The highest BCUT2D eigenvalue weighted by atomic mass is 16.5. The number of nitrogens with one attached hydrogen (secondary N) is 1. The molecular formula is C27H32N2O5. The maximum atomic E-state index is 12.4. The standard InChI is InChI=1S/C27H32N2O5/c1-19-26(34-18-25(31)28-21-8-6-20(7-9-21)27(2,3)4)24(30)14-15-29(19)16-17-33-23-12-10-22(32-5)11-13-23/h6-15H,16-18H2,1-5H3,(H,28,31). The lowest BCUT2D eigenvalue weighted by Gasteiger charge is -2.19. The third-order valence-electron chi connectivity index (χ3n) is 5.43. The maximum Gasteiger partial charge on any atom is 0.262 e. The van der Waals surface area contributed by atoms with Crippen LogP contribution in [-0.2, 0) is 16.8 Å². The Kier molecular flexibility index (Phi) is 7.99. The van der Waals surface area contributed by atoms with Gasteiger partial charge >= 0.3 is 0 Å². The Morgan fingerprint density at radius 2 is 1.59 bits per heavy atom. The van der Waals surface area contributed by atoms with Gasteiger partial charge in [0.2, 0.25) is 5.43 Å². The highest BCUT2D eigenvalue weighted by Gasteiger charge is 2.14. The van der Waals surface area contributed by atoms with E-state index in [9.17, 15) is 9.59 Å². The average Bonchev–Trinajstić information content (AvgIpc) is 2.80. The molecule has 0 spiro atoms. The summed E-state index contributed by atoms with van der Waals surface area (Å²) >= 11 is 0. The number of methoxy groups -OCH3 is 1. The van der Waals surface area contributed by atoms with Gasteiger partial charge in [-0.05, 0) is 54.3 Å². The molecule has 180 valence electrons. The number of carbonyl (C=O) groups is 1. The molecule has 0 saturated carbocycles. The van der Waals surface area contributed by atoms with Gasteiger partial charge in [-0.1, -0.05) is 32.9 Å². The zero-order valence-electron chi connectivity index (χ0n) is 20.4. The average molecular weight is 465 g/mol. The molecule has 0 fully saturated rings. The Morgan fingerprint density at radius 3 is 2.21 bits per heavy atom. The number of nitrogens with zero attached hydrogens (tertiary/aromatic N) is 1. The molecule has 7 nitrogen and oxygen atoms in total. The van der Waals surface area contributed by atoms with Gasteiger partial charge in [-0.3, -0.25) is 9.59 Å². The van der Waals surface area contributed by atoms with Crippen LogP contribution in [0.2, 0.25) is 0 Å². The van der Waals surface area contributed by atoms with Crippen molar-refractivity contribution in [2.45, 2.75) is 39.7 Å². The molecule has 0 bridgehead atoms. The van der Waals surface area contributed by atoms with Gasteiger partial charge in [0.25, 0.3) is 5.91 Å². The summed E-state index contributed by atoms with van der Waals surface area (Å²) in [5, 5.41) is 2.80. The van der Waals surface area contributed by atoms with Crippen molar-refractivity contribution >= 4 is 11.6 Å². The van der Waals surface area contributed by atoms with E-state index in [2.05, 4.69) is 26.1 Å². The summed E-state index contributed by atoms with van der Waals surface area (Å²) in [6.07, 6.45) is 1.69. The lowest BCUT2D eigenvalue weighted by atomic mass is 9.87. The molecule has 1 N–H and O–H groups in total. The van der Waals surface area contributed by atoms with E-state index in [-0.39, 0.29) is 29.1 Å². The second-order valence-electron chi connectivity index (χ2n) is 8.98. The summed E-state index contributed by atoms with van der Waals surface area (Å²) < 4.78 is 18.4. The van der Waals surface area contributed by atoms with Gasteiger partial charge in [0.1, 0.15) is 18.1 Å². The molecule has 3 aromatic rings. The molecule has 0 saturated heterocycles. The lowest BCUT2D eigenvalue weighted by Crippen LogP contribution is -2.24. The zero-order chi connectivity index (χ0) is 24.7.